The zero-order valence-corrected chi connectivity index (χ0v) is 10.7. The van der Waals surface area contributed by atoms with Crippen molar-refractivity contribution in [2.45, 2.75) is 20.3 Å². The van der Waals surface area contributed by atoms with E-state index in [0.29, 0.717) is 6.61 Å². The predicted molar refractivity (Wildman–Crippen MR) is 69.0 cm³/mol. The third kappa shape index (κ3) is 2.53. The number of fused-ring (bicyclic) bond motifs is 1. The molecule has 0 radical (unpaired) electrons. The first-order chi connectivity index (χ1) is 8.61. The molecule has 18 heavy (non-hydrogen) atoms. The van der Waals surface area contributed by atoms with Gasteiger partial charge in [-0.3, -0.25) is 9.59 Å². The predicted octanol–water partition coefficient (Wildman–Crippen LogP) is 1.81. The van der Waals surface area contributed by atoms with Crippen molar-refractivity contribution in [3.05, 3.63) is 29.3 Å². The lowest BCUT2D eigenvalue weighted by atomic mass is 10.1. The fourth-order valence-electron chi connectivity index (χ4n) is 2.22. The highest BCUT2D eigenvalue weighted by molar-refractivity contribution is 5.95. The molecule has 1 aliphatic heterocycles. The first kappa shape index (κ1) is 12.6. The number of carbonyl (C=O) groups excluding carboxylic acids is 2. The highest BCUT2D eigenvalue weighted by Crippen LogP contribution is 2.28. The maximum Gasteiger partial charge on any atom is 0.325 e. The molecule has 2 rings (SSSR count). The maximum atomic E-state index is 11.5. The van der Waals surface area contributed by atoms with Crippen LogP contribution in [0.5, 0.6) is 0 Å². The van der Waals surface area contributed by atoms with E-state index in [1.54, 1.807) is 13.8 Å². The van der Waals surface area contributed by atoms with Gasteiger partial charge in [-0.05, 0) is 44.0 Å². The number of ketones is 1. The lowest BCUT2D eigenvalue weighted by Gasteiger charge is -2.18. The van der Waals surface area contributed by atoms with E-state index < -0.39 is 0 Å². The summed E-state index contributed by atoms with van der Waals surface area (Å²) in [4.78, 5) is 24.8. The molecule has 0 saturated carbocycles. The van der Waals surface area contributed by atoms with Gasteiger partial charge in [0.15, 0.2) is 5.78 Å². The smallest absolute Gasteiger partial charge is 0.325 e. The zero-order valence-electron chi connectivity index (χ0n) is 10.7. The second-order valence-corrected chi connectivity index (χ2v) is 4.38. The molecule has 0 aromatic heterocycles. The van der Waals surface area contributed by atoms with Gasteiger partial charge in [-0.15, -0.1) is 0 Å². The number of rotatable bonds is 4. The minimum absolute atomic E-state index is 0.0710. The van der Waals surface area contributed by atoms with E-state index in [-0.39, 0.29) is 18.3 Å². The summed E-state index contributed by atoms with van der Waals surface area (Å²) in [6, 6.07) is 5.64. The van der Waals surface area contributed by atoms with E-state index in [9.17, 15) is 9.59 Å². The molecule has 96 valence electrons. The second-order valence-electron chi connectivity index (χ2n) is 4.38. The lowest BCUT2D eigenvalue weighted by Crippen LogP contribution is -2.29. The molecule has 0 spiro atoms. The summed E-state index contributed by atoms with van der Waals surface area (Å²) < 4.78 is 4.95. The highest BCUT2D eigenvalue weighted by Gasteiger charge is 2.22. The van der Waals surface area contributed by atoms with Crippen LogP contribution in [-0.4, -0.2) is 31.4 Å². The Morgan fingerprint density at radius 3 is 2.83 bits per heavy atom. The minimum atomic E-state index is -0.207. The van der Waals surface area contributed by atoms with Gasteiger partial charge in [-0.25, -0.2) is 0 Å². The van der Waals surface area contributed by atoms with E-state index in [1.807, 2.05) is 23.1 Å². The Hall–Kier alpha value is -1.84. The number of carbonyl (C=O) groups is 2. The van der Waals surface area contributed by atoms with Crippen LogP contribution in [-0.2, 0) is 16.0 Å². The summed E-state index contributed by atoms with van der Waals surface area (Å²) in [7, 11) is 0. The van der Waals surface area contributed by atoms with Crippen molar-refractivity contribution in [3.63, 3.8) is 0 Å². The summed E-state index contributed by atoms with van der Waals surface area (Å²) in [5, 5.41) is 0. The van der Waals surface area contributed by atoms with Gasteiger partial charge in [0.05, 0.1) is 6.61 Å². The number of Topliss-reactive ketones (excluding diaryl/α,β-unsaturated/α-hetero) is 1. The first-order valence-electron chi connectivity index (χ1n) is 6.16. The van der Waals surface area contributed by atoms with Crippen LogP contribution < -0.4 is 4.90 Å². The van der Waals surface area contributed by atoms with Crippen LogP contribution in [0.15, 0.2) is 18.2 Å². The molecule has 0 N–H and O–H groups in total. The molecule has 0 aliphatic carbocycles. The van der Waals surface area contributed by atoms with Gasteiger partial charge in [0.25, 0.3) is 0 Å². The van der Waals surface area contributed by atoms with E-state index in [1.165, 1.54) is 0 Å². The largest absolute Gasteiger partial charge is 0.465 e. The second kappa shape index (κ2) is 5.21. The van der Waals surface area contributed by atoms with Crippen LogP contribution in [0.2, 0.25) is 0 Å². The topological polar surface area (TPSA) is 46.6 Å². The van der Waals surface area contributed by atoms with E-state index >= 15 is 0 Å². The number of hydrogen-bond donors (Lipinski definition) is 0. The molecule has 1 heterocycles. The first-order valence-corrected chi connectivity index (χ1v) is 6.16. The lowest BCUT2D eigenvalue weighted by molar-refractivity contribution is -0.141. The van der Waals surface area contributed by atoms with Gasteiger partial charge in [0.1, 0.15) is 6.54 Å². The average molecular weight is 247 g/mol. The van der Waals surface area contributed by atoms with Crippen LogP contribution >= 0.6 is 0 Å². The van der Waals surface area contributed by atoms with Crippen LogP contribution in [0.25, 0.3) is 0 Å². The monoisotopic (exact) mass is 247 g/mol. The molecular formula is C14H17NO3. The molecule has 1 aromatic rings. The van der Waals surface area contributed by atoms with Crippen molar-refractivity contribution >= 4 is 17.4 Å². The number of ether oxygens (including phenoxy) is 1. The molecule has 1 aromatic carbocycles. The molecular weight excluding hydrogens is 230 g/mol. The standard InChI is InChI=1S/C14H17NO3/c1-3-18-14(17)9-15-7-6-12-8-11(10(2)16)4-5-13(12)15/h4-5,8H,3,6-7,9H2,1-2H3. The van der Waals surface area contributed by atoms with Crippen LogP contribution in [0.4, 0.5) is 5.69 Å². The maximum absolute atomic E-state index is 11.5. The third-order valence-electron chi connectivity index (χ3n) is 3.10. The summed E-state index contributed by atoms with van der Waals surface area (Å²) in [6.07, 6.45) is 0.871. The average Bonchev–Trinajstić information content (AvgIpc) is 2.72. The van der Waals surface area contributed by atoms with Gasteiger partial charge in [-0.1, -0.05) is 0 Å². The molecule has 0 bridgehead atoms. The Balaban J connectivity index is 2.14. The quantitative estimate of drug-likeness (QED) is 0.601. The van der Waals surface area contributed by atoms with Gasteiger partial charge < -0.3 is 9.64 Å². The van der Waals surface area contributed by atoms with Crippen molar-refractivity contribution in [1.82, 2.24) is 0 Å². The number of hydrogen-bond acceptors (Lipinski definition) is 4. The fourth-order valence-corrected chi connectivity index (χ4v) is 2.22. The minimum Gasteiger partial charge on any atom is -0.465 e. The zero-order chi connectivity index (χ0) is 13.1. The van der Waals surface area contributed by atoms with Crippen LogP contribution in [0, 0.1) is 0 Å². The van der Waals surface area contributed by atoms with Gasteiger partial charge >= 0.3 is 5.97 Å². The summed E-state index contributed by atoms with van der Waals surface area (Å²) in [6.45, 7) is 4.85. The summed E-state index contributed by atoms with van der Waals surface area (Å²) >= 11 is 0. The van der Waals surface area contributed by atoms with E-state index in [4.69, 9.17) is 4.74 Å². The van der Waals surface area contributed by atoms with Gasteiger partial charge in [-0.2, -0.15) is 0 Å². The highest BCUT2D eigenvalue weighted by atomic mass is 16.5. The third-order valence-corrected chi connectivity index (χ3v) is 3.10. The molecule has 0 amide bonds. The van der Waals surface area contributed by atoms with E-state index in [2.05, 4.69) is 0 Å². The summed E-state index contributed by atoms with van der Waals surface area (Å²) in [5.74, 6) is -0.136. The molecule has 0 unspecified atom stereocenters. The SMILES string of the molecule is CCOC(=O)CN1CCc2cc(C(C)=O)ccc21. The molecule has 0 saturated heterocycles. The van der Waals surface area contributed by atoms with E-state index in [0.717, 1.165) is 29.8 Å². The van der Waals surface area contributed by atoms with Crippen molar-refractivity contribution in [3.8, 4) is 0 Å². The Kier molecular flexibility index (Phi) is 3.65. The number of nitrogens with zero attached hydrogens (tertiary/aromatic N) is 1. The number of anilines is 1. The molecule has 4 nitrogen and oxygen atoms in total. The van der Waals surface area contributed by atoms with Crippen molar-refractivity contribution < 1.29 is 14.3 Å². The van der Waals surface area contributed by atoms with Gasteiger partial charge in [0, 0.05) is 17.8 Å². The molecule has 1 aliphatic rings. The molecule has 0 fully saturated rings. The Morgan fingerprint density at radius 1 is 1.39 bits per heavy atom. The van der Waals surface area contributed by atoms with Gasteiger partial charge in [0.2, 0.25) is 0 Å². The number of esters is 1. The van der Waals surface area contributed by atoms with Crippen molar-refractivity contribution in [1.29, 1.82) is 0 Å². The van der Waals surface area contributed by atoms with Crippen LogP contribution in [0.1, 0.15) is 29.8 Å². The Morgan fingerprint density at radius 2 is 2.17 bits per heavy atom. The molecule has 0 atom stereocenters. The normalized spacial score (nSPS) is 13.3. The fraction of sp³-hybridized carbons (Fsp3) is 0.429. The Bertz CT molecular complexity index is 482. The van der Waals surface area contributed by atoms with Crippen LogP contribution in [0.3, 0.4) is 0 Å². The van der Waals surface area contributed by atoms with Crippen molar-refractivity contribution in [2.24, 2.45) is 0 Å². The summed E-state index contributed by atoms with van der Waals surface area (Å²) in [5.41, 5.74) is 2.90. The van der Waals surface area contributed by atoms with Crippen molar-refractivity contribution in [2.75, 3.05) is 24.6 Å². The number of benzene rings is 1. The molecule has 4 heteroatoms. The Labute approximate surface area is 107 Å².